The maximum atomic E-state index is 12.3. The molecule has 1 N–H and O–H groups in total. The second-order valence-corrected chi connectivity index (χ2v) is 6.29. The zero-order valence-corrected chi connectivity index (χ0v) is 13.0. The summed E-state index contributed by atoms with van der Waals surface area (Å²) in [5.41, 5.74) is -3.59. The number of hydrogen-bond donors (Lipinski definition) is 1. The third kappa shape index (κ3) is 4.51. The van der Waals surface area contributed by atoms with Crippen LogP contribution in [0.15, 0.2) is 41.6 Å². The number of nitrogens with zero attached hydrogens (tertiary/aromatic N) is 3. The van der Waals surface area contributed by atoms with E-state index in [-0.39, 0.29) is 16.7 Å². The number of anilines is 3. The number of benzene rings is 1. The molecule has 1 saturated heterocycles. The molecule has 0 amide bonds. The van der Waals surface area contributed by atoms with Crippen molar-refractivity contribution in [3.05, 3.63) is 36.7 Å². The van der Waals surface area contributed by atoms with Crippen LogP contribution in [0.2, 0.25) is 0 Å². The number of hydrogen-bond acceptors (Lipinski definition) is 5. The van der Waals surface area contributed by atoms with E-state index in [9.17, 15) is 13.2 Å². The normalized spacial score (nSPS) is 15.0. The van der Waals surface area contributed by atoms with Crippen molar-refractivity contribution < 1.29 is 13.2 Å². The molecule has 4 nitrogen and oxygen atoms in total. The molecule has 2 aromatic rings. The van der Waals surface area contributed by atoms with Crippen molar-refractivity contribution >= 4 is 29.1 Å². The molecule has 3 rings (SSSR count). The van der Waals surface area contributed by atoms with Crippen LogP contribution in [0.3, 0.4) is 0 Å². The van der Waals surface area contributed by atoms with Crippen molar-refractivity contribution in [2.24, 2.45) is 0 Å². The highest BCUT2D eigenvalue weighted by molar-refractivity contribution is 8.00. The van der Waals surface area contributed by atoms with Crippen LogP contribution in [-0.2, 0) is 0 Å². The molecule has 1 aromatic carbocycles. The quantitative estimate of drug-likeness (QED) is 0.834. The minimum absolute atomic E-state index is 0.125. The molecule has 0 atom stereocenters. The molecule has 0 unspecified atom stereocenters. The van der Waals surface area contributed by atoms with E-state index in [4.69, 9.17) is 0 Å². The lowest BCUT2D eigenvalue weighted by Crippen LogP contribution is -2.19. The zero-order valence-electron chi connectivity index (χ0n) is 12.2. The van der Waals surface area contributed by atoms with Crippen LogP contribution in [0.4, 0.5) is 30.5 Å². The van der Waals surface area contributed by atoms with Gasteiger partial charge in [0.1, 0.15) is 18.0 Å². The van der Waals surface area contributed by atoms with Gasteiger partial charge in [-0.25, -0.2) is 9.97 Å². The van der Waals surface area contributed by atoms with Crippen LogP contribution < -0.4 is 10.2 Å². The van der Waals surface area contributed by atoms with Gasteiger partial charge >= 0.3 is 5.51 Å². The Kier molecular flexibility index (Phi) is 4.61. The highest BCUT2D eigenvalue weighted by atomic mass is 32.2. The molecule has 1 aliphatic heterocycles. The molecule has 0 spiro atoms. The van der Waals surface area contributed by atoms with Crippen LogP contribution in [0.1, 0.15) is 12.8 Å². The summed E-state index contributed by atoms with van der Waals surface area (Å²) in [5, 5.41) is 3.09. The van der Waals surface area contributed by atoms with Gasteiger partial charge in [-0.2, -0.15) is 13.2 Å². The SMILES string of the molecule is FC(F)(F)Sc1ccc(Nc2cc(N3CCCC3)ncn2)cc1. The van der Waals surface area contributed by atoms with E-state index in [1.54, 1.807) is 12.1 Å². The summed E-state index contributed by atoms with van der Waals surface area (Å²) in [6.07, 6.45) is 3.81. The molecule has 1 aliphatic rings. The Labute approximate surface area is 136 Å². The number of rotatable bonds is 4. The molecular weight excluding hydrogens is 325 g/mol. The second kappa shape index (κ2) is 6.66. The molecular formula is C15H15F3N4S. The molecule has 2 heterocycles. The Morgan fingerprint density at radius 3 is 2.39 bits per heavy atom. The third-order valence-electron chi connectivity index (χ3n) is 3.44. The molecule has 23 heavy (non-hydrogen) atoms. The fraction of sp³-hybridized carbons (Fsp3) is 0.333. The Hall–Kier alpha value is -1.96. The van der Waals surface area contributed by atoms with Gasteiger partial charge in [0.15, 0.2) is 0 Å². The van der Waals surface area contributed by atoms with Crippen LogP contribution in [-0.4, -0.2) is 28.6 Å². The van der Waals surface area contributed by atoms with Crippen molar-refractivity contribution in [3.8, 4) is 0 Å². The summed E-state index contributed by atoms with van der Waals surface area (Å²) in [6, 6.07) is 7.92. The summed E-state index contributed by atoms with van der Waals surface area (Å²) in [6.45, 7) is 1.97. The fourth-order valence-corrected chi connectivity index (χ4v) is 2.96. The first kappa shape index (κ1) is 15.9. The number of aromatic nitrogens is 2. The first-order valence-electron chi connectivity index (χ1n) is 7.19. The summed E-state index contributed by atoms with van der Waals surface area (Å²) in [4.78, 5) is 10.8. The van der Waals surface area contributed by atoms with Gasteiger partial charge < -0.3 is 10.2 Å². The molecule has 0 bridgehead atoms. The topological polar surface area (TPSA) is 41.0 Å². The van der Waals surface area contributed by atoms with Crippen LogP contribution in [0, 0.1) is 0 Å². The second-order valence-electron chi connectivity index (χ2n) is 5.15. The molecule has 8 heteroatoms. The standard InChI is InChI=1S/C15H15F3N4S/c16-15(17,18)23-12-5-3-11(4-6-12)21-13-9-14(20-10-19-13)22-7-1-2-8-22/h3-6,9-10H,1-2,7-8H2,(H,19,20,21). The Morgan fingerprint density at radius 2 is 1.74 bits per heavy atom. The first-order chi connectivity index (χ1) is 11.0. The predicted octanol–water partition coefficient (Wildman–Crippen LogP) is 4.43. The van der Waals surface area contributed by atoms with Gasteiger partial charge in [-0.1, -0.05) is 0 Å². The van der Waals surface area contributed by atoms with Crippen molar-refractivity contribution in [2.45, 2.75) is 23.2 Å². The minimum Gasteiger partial charge on any atom is -0.356 e. The largest absolute Gasteiger partial charge is 0.446 e. The Balaban J connectivity index is 1.68. The molecule has 1 fully saturated rings. The average Bonchev–Trinajstić information content (AvgIpc) is 3.02. The van der Waals surface area contributed by atoms with Crippen molar-refractivity contribution in [1.82, 2.24) is 9.97 Å². The Bertz CT molecular complexity index is 655. The zero-order chi connectivity index (χ0) is 16.3. The van der Waals surface area contributed by atoms with Crippen LogP contribution in [0.5, 0.6) is 0 Å². The lowest BCUT2D eigenvalue weighted by molar-refractivity contribution is -0.0328. The van der Waals surface area contributed by atoms with E-state index in [0.717, 1.165) is 31.7 Å². The lowest BCUT2D eigenvalue weighted by Gasteiger charge is -2.16. The smallest absolute Gasteiger partial charge is 0.356 e. The number of thioether (sulfide) groups is 1. The molecule has 122 valence electrons. The summed E-state index contributed by atoms with van der Waals surface area (Å²) in [7, 11) is 0. The molecule has 1 aromatic heterocycles. The van der Waals surface area contributed by atoms with Gasteiger partial charge in [-0.3, -0.25) is 0 Å². The van der Waals surface area contributed by atoms with Gasteiger partial charge in [0.05, 0.1) is 0 Å². The van der Waals surface area contributed by atoms with E-state index in [0.29, 0.717) is 11.5 Å². The van der Waals surface area contributed by atoms with Crippen molar-refractivity contribution in [1.29, 1.82) is 0 Å². The van der Waals surface area contributed by atoms with E-state index >= 15 is 0 Å². The van der Waals surface area contributed by atoms with Crippen LogP contribution in [0.25, 0.3) is 0 Å². The van der Waals surface area contributed by atoms with Gasteiger partial charge in [0, 0.05) is 29.7 Å². The summed E-state index contributed by atoms with van der Waals surface area (Å²) >= 11 is -0.125. The van der Waals surface area contributed by atoms with E-state index in [2.05, 4.69) is 20.2 Å². The maximum absolute atomic E-state index is 12.3. The van der Waals surface area contributed by atoms with Gasteiger partial charge in [-0.05, 0) is 48.9 Å². The fourth-order valence-electron chi connectivity index (χ4n) is 2.42. The summed E-state index contributed by atoms with van der Waals surface area (Å²) in [5.74, 6) is 1.49. The van der Waals surface area contributed by atoms with Gasteiger partial charge in [-0.15, -0.1) is 0 Å². The number of halogens is 3. The lowest BCUT2D eigenvalue weighted by atomic mass is 10.3. The molecule has 0 aliphatic carbocycles. The highest BCUT2D eigenvalue weighted by Crippen LogP contribution is 2.37. The number of alkyl halides is 3. The Morgan fingerprint density at radius 1 is 1.04 bits per heavy atom. The molecule has 0 saturated carbocycles. The number of nitrogens with one attached hydrogen (secondary N) is 1. The van der Waals surface area contributed by atoms with Gasteiger partial charge in [0.25, 0.3) is 0 Å². The average molecular weight is 340 g/mol. The predicted molar refractivity (Wildman–Crippen MR) is 85.1 cm³/mol. The third-order valence-corrected chi connectivity index (χ3v) is 4.18. The first-order valence-corrected chi connectivity index (χ1v) is 8.01. The van der Waals surface area contributed by atoms with E-state index in [1.165, 1.54) is 18.5 Å². The highest BCUT2D eigenvalue weighted by Gasteiger charge is 2.29. The van der Waals surface area contributed by atoms with Crippen molar-refractivity contribution in [3.63, 3.8) is 0 Å². The maximum Gasteiger partial charge on any atom is 0.446 e. The monoisotopic (exact) mass is 340 g/mol. The van der Waals surface area contributed by atoms with Crippen molar-refractivity contribution in [2.75, 3.05) is 23.3 Å². The van der Waals surface area contributed by atoms with Gasteiger partial charge in [0.2, 0.25) is 0 Å². The van der Waals surface area contributed by atoms with E-state index < -0.39 is 5.51 Å². The van der Waals surface area contributed by atoms with Crippen LogP contribution >= 0.6 is 11.8 Å². The molecule has 0 radical (unpaired) electrons. The minimum atomic E-state index is -4.27. The summed E-state index contributed by atoms with van der Waals surface area (Å²) < 4.78 is 36.9. The van der Waals surface area contributed by atoms with E-state index in [1.807, 2.05) is 6.07 Å².